The topological polar surface area (TPSA) is 113 Å². The zero-order valence-electron chi connectivity index (χ0n) is 15.8. The van der Waals surface area contributed by atoms with Crippen molar-refractivity contribution in [2.24, 2.45) is 0 Å². The Morgan fingerprint density at radius 3 is 2.31 bits per heavy atom. The summed E-state index contributed by atoms with van der Waals surface area (Å²) in [6.45, 7) is 2.47. The van der Waals surface area contributed by atoms with Crippen LogP contribution < -0.4 is 4.74 Å². The lowest BCUT2D eigenvalue weighted by atomic mass is 10.2. The Labute approximate surface area is 169 Å². The molecule has 9 nitrogen and oxygen atoms in total. The molecule has 0 unspecified atom stereocenters. The fourth-order valence-electron chi connectivity index (χ4n) is 3.21. The molecule has 1 aliphatic heterocycles. The highest BCUT2D eigenvalue weighted by atomic mass is 32.2. The van der Waals surface area contributed by atoms with Crippen LogP contribution in [0.4, 0.5) is 5.69 Å². The second-order valence-electron chi connectivity index (χ2n) is 6.62. The first-order valence-corrected chi connectivity index (χ1v) is 10.6. The Morgan fingerprint density at radius 1 is 1.03 bits per heavy atom. The summed E-state index contributed by atoms with van der Waals surface area (Å²) in [5, 5.41) is 20.0. The van der Waals surface area contributed by atoms with Crippen molar-refractivity contribution in [2.45, 2.75) is 11.4 Å². The van der Waals surface area contributed by atoms with Gasteiger partial charge in [0.05, 0.1) is 11.5 Å². The van der Waals surface area contributed by atoms with Gasteiger partial charge in [0.1, 0.15) is 12.4 Å². The molecule has 29 heavy (non-hydrogen) atoms. The van der Waals surface area contributed by atoms with Crippen LogP contribution in [0.1, 0.15) is 5.56 Å². The number of hydrogen-bond acceptors (Lipinski definition) is 7. The molecule has 1 heterocycles. The number of aliphatic hydroxyl groups is 1. The number of nitro benzene ring substituents is 1. The number of rotatable bonds is 8. The summed E-state index contributed by atoms with van der Waals surface area (Å²) in [6, 6.07) is 13.0. The van der Waals surface area contributed by atoms with E-state index in [4.69, 9.17) is 9.84 Å². The van der Waals surface area contributed by atoms with Crippen LogP contribution in [0.2, 0.25) is 0 Å². The molecule has 1 saturated heterocycles. The summed E-state index contributed by atoms with van der Waals surface area (Å²) in [7, 11) is -3.92. The van der Waals surface area contributed by atoms with E-state index in [1.165, 1.54) is 28.6 Å². The highest BCUT2D eigenvalue weighted by molar-refractivity contribution is 7.89. The van der Waals surface area contributed by atoms with Crippen LogP contribution in [0.25, 0.3) is 0 Å². The zero-order valence-corrected chi connectivity index (χ0v) is 16.6. The minimum absolute atomic E-state index is 0.0406. The lowest BCUT2D eigenvalue weighted by Gasteiger charge is -2.33. The Bertz CT molecular complexity index is 941. The van der Waals surface area contributed by atoms with Gasteiger partial charge in [-0.3, -0.25) is 15.0 Å². The molecule has 0 spiro atoms. The van der Waals surface area contributed by atoms with E-state index in [0.717, 1.165) is 5.56 Å². The predicted molar refractivity (Wildman–Crippen MR) is 106 cm³/mol. The summed E-state index contributed by atoms with van der Waals surface area (Å²) < 4.78 is 32.4. The standard InChI is InChI=1S/C19H23N3O6S/c23-13-14-28-17-7-5-16(6-8-17)15-20-9-11-21(12-10-20)29(26,27)19-4-2-1-3-18(19)22(24)25/h1-8,23H,9-15H2. The van der Waals surface area contributed by atoms with E-state index in [9.17, 15) is 18.5 Å². The van der Waals surface area contributed by atoms with Crippen LogP contribution in [0, 0.1) is 10.1 Å². The van der Waals surface area contributed by atoms with Crippen LogP contribution in [0.3, 0.4) is 0 Å². The van der Waals surface area contributed by atoms with E-state index >= 15 is 0 Å². The molecule has 0 bridgehead atoms. The van der Waals surface area contributed by atoms with Gasteiger partial charge in [-0.1, -0.05) is 24.3 Å². The Hall–Kier alpha value is -2.53. The van der Waals surface area contributed by atoms with Gasteiger partial charge in [0, 0.05) is 38.8 Å². The quantitative estimate of drug-likeness (QED) is 0.507. The molecule has 0 saturated carbocycles. The van der Waals surface area contributed by atoms with E-state index in [0.29, 0.717) is 25.4 Å². The molecule has 2 aromatic carbocycles. The summed E-state index contributed by atoms with van der Waals surface area (Å²) in [6.07, 6.45) is 0. The lowest BCUT2D eigenvalue weighted by Crippen LogP contribution is -2.48. The molecule has 0 atom stereocenters. The average molecular weight is 421 g/mol. The van der Waals surface area contributed by atoms with Crippen molar-refractivity contribution in [3.05, 3.63) is 64.2 Å². The molecule has 2 aromatic rings. The Kier molecular flexibility index (Phi) is 6.80. The Balaban J connectivity index is 1.61. The molecule has 156 valence electrons. The van der Waals surface area contributed by atoms with E-state index in [-0.39, 0.29) is 31.2 Å². The lowest BCUT2D eigenvalue weighted by molar-refractivity contribution is -0.387. The van der Waals surface area contributed by atoms with Crippen molar-refractivity contribution in [1.82, 2.24) is 9.21 Å². The molecule has 0 aliphatic carbocycles. The van der Waals surface area contributed by atoms with Crippen molar-refractivity contribution in [2.75, 3.05) is 39.4 Å². The third-order valence-electron chi connectivity index (χ3n) is 4.70. The van der Waals surface area contributed by atoms with Gasteiger partial charge < -0.3 is 9.84 Å². The van der Waals surface area contributed by atoms with Gasteiger partial charge in [0.25, 0.3) is 5.69 Å². The van der Waals surface area contributed by atoms with Crippen LogP contribution in [-0.2, 0) is 16.6 Å². The molecular formula is C19H23N3O6S. The van der Waals surface area contributed by atoms with Crippen LogP contribution in [-0.4, -0.2) is 67.0 Å². The van der Waals surface area contributed by atoms with Gasteiger partial charge >= 0.3 is 0 Å². The molecule has 1 N–H and O–H groups in total. The number of hydrogen-bond donors (Lipinski definition) is 1. The maximum atomic E-state index is 12.9. The minimum atomic E-state index is -3.92. The van der Waals surface area contributed by atoms with Crippen molar-refractivity contribution in [1.29, 1.82) is 0 Å². The van der Waals surface area contributed by atoms with Gasteiger partial charge in [-0.25, -0.2) is 8.42 Å². The first kappa shape index (κ1) is 21.2. The van der Waals surface area contributed by atoms with E-state index < -0.39 is 20.6 Å². The first-order chi connectivity index (χ1) is 13.9. The summed E-state index contributed by atoms with van der Waals surface area (Å²) in [4.78, 5) is 12.4. The molecule has 3 rings (SSSR count). The van der Waals surface area contributed by atoms with Crippen molar-refractivity contribution >= 4 is 15.7 Å². The van der Waals surface area contributed by atoms with Gasteiger partial charge in [0.2, 0.25) is 10.0 Å². The van der Waals surface area contributed by atoms with Crippen molar-refractivity contribution in [3.63, 3.8) is 0 Å². The average Bonchev–Trinajstić information content (AvgIpc) is 2.73. The smallest absolute Gasteiger partial charge is 0.289 e. The number of para-hydroxylation sites is 1. The second kappa shape index (κ2) is 9.31. The third-order valence-corrected chi connectivity index (χ3v) is 6.65. The molecule has 1 fully saturated rings. The normalized spacial score (nSPS) is 15.9. The fraction of sp³-hybridized carbons (Fsp3) is 0.368. The van der Waals surface area contributed by atoms with E-state index in [1.54, 1.807) is 0 Å². The van der Waals surface area contributed by atoms with Crippen LogP contribution in [0.5, 0.6) is 5.75 Å². The first-order valence-electron chi connectivity index (χ1n) is 9.20. The molecule has 1 aliphatic rings. The number of nitro groups is 1. The van der Waals surface area contributed by atoms with Crippen LogP contribution in [0.15, 0.2) is 53.4 Å². The van der Waals surface area contributed by atoms with E-state index in [1.807, 2.05) is 24.3 Å². The monoisotopic (exact) mass is 421 g/mol. The highest BCUT2D eigenvalue weighted by Crippen LogP contribution is 2.27. The number of sulfonamides is 1. The summed E-state index contributed by atoms with van der Waals surface area (Å²) in [5.74, 6) is 0.683. The molecule has 10 heteroatoms. The molecular weight excluding hydrogens is 398 g/mol. The minimum Gasteiger partial charge on any atom is -0.491 e. The largest absolute Gasteiger partial charge is 0.491 e. The second-order valence-corrected chi connectivity index (χ2v) is 8.53. The highest BCUT2D eigenvalue weighted by Gasteiger charge is 2.33. The number of aliphatic hydroxyl groups excluding tert-OH is 1. The van der Waals surface area contributed by atoms with E-state index in [2.05, 4.69) is 4.90 Å². The number of piperazine rings is 1. The third kappa shape index (κ3) is 5.10. The maximum Gasteiger partial charge on any atom is 0.289 e. The molecule has 0 radical (unpaired) electrons. The summed E-state index contributed by atoms with van der Waals surface area (Å²) in [5.41, 5.74) is 0.662. The molecule has 0 amide bonds. The molecule has 0 aromatic heterocycles. The number of benzene rings is 2. The van der Waals surface area contributed by atoms with Gasteiger partial charge in [-0.05, 0) is 23.8 Å². The zero-order chi connectivity index (χ0) is 20.9. The van der Waals surface area contributed by atoms with Gasteiger partial charge in [-0.2, -0.15) is 4.31 Å². The summed E-state index contributed by atoms with van der Waals surface area (Å²) >= 11 is 0. The fourth-order valence-corrected chi connectivity index (χ4v) is 4.79. The predicted octanol–water partition coefficient (Wildman–Crippen LogP) is 1.47. The number of ether oxygens (including phenoxy) is 1. The van der Waals surface area contributed by atoms with Crippen LogP contribution >= 0.6 is 0 Å². The SMILES string of the molecule is O=[N+]([O-])c1ccccc1S(=O)(=O)N1CCN(Cc2ccc(OCCO)cc2)CC1. The maximum absolute atomic E-state index is 12.9. The van der Waals surface area contributed by atoms with Gasteiger partial charge in [0.15, 0.2) is 4.90 Å². The van der Waals surface area contributed by atoms with Crippen molar-refractivity contribution in [3.8, 4) is 5.75 Å². The Morgan fingerprint density at radius 2 is 1.69 bits per heavy atom. The van der Waals surface area contributed by atoms with Crippen molar-refractivity contribution < 1.29 is 23.2 Å². The number of nitrogens with zero attached hydrogens (tertiary/aromatic N) is 3. The van der Waals surface area contributed by atoms with Gasteiger partial charge in [-0.15, -0.1) is 0 Å².